The fourth-order valence-electron chi connectivity index (χ4n) is 1.70. The number of anilines is 1. The van der Waals surface area contributed by atoms with Crippen LogP contribution in [0.3, 0.4) is 0 Å². The van der Waals surface area contributed by atoms with Crippen molar-refractivity contribution in [1.82, 2.24) is 10.2 Å². The SMILES string of the molecule is Nc1ccc(-c2nnc(-c3cccc(Cl)c3)o2)cc1. The lowest BCUT2D eigenvalue weighted by Crippen LogP contribution is -1.83. The van der Waals surface area contributed by atoms with Crippen LogP contribution in [-0.2, 0) is 0 Å². The normalized spacial score (nSPS) is 10.6. The summed E-state index contributed by atoms with van der Waals surface area (Å²) in [5.41, 5.74) is 7.95. The molecule has 0 bridgehead atoms. The lowest BCUT2D eigenvalue weighted by atomic mass is 10.2. The topological polar surface area (TPSA) is 64.9 Å². The Bertz CT molecular complexity index is 707. The van der Waals surface area contributed by atoms with Gasteiger partial charge < -0.3 is 10.2 Å². The van der Waals surface area contributed by atoms with Crippen LogP contribution in [0.4, 0.5) is 5.69 Å². The summed E-state index contributed by atoms with van der Waals surface area (Å²) < 4.78 is 5.63. The highest BCUT2D eigenvalue weighted by Crippen LogP contribution is 2.25. The molecule has 5 heteroatoms. The third kappa shape index (κ3) is 2.44. The fourth-order valence-corrected chi connectivity index (χ4v) is 1.89. The highest BCUT2D eigenvalue weighted by atomic mass is 35.5. The average Bonchev–Trinajstić information content (AvgIpc) is 2.89. The molecule has 1 heterocycles. The standard InChI is InChI=1S/C14H10ClN3O/c15-11-3-1-2-10(8-11)14-18-17-13(19-14)9-4-6-12(16)7-5-9/h1-8H,16H2. The number of rotatable bonds is 2. The summed E-state index contributed by atoms with van der Waals surface area (Å²) >= 11 is 5.93. The van der Waals surface area contributed by atoms with Gasteiger partial charge in [0.25, 0.3) is 0 Å². The summed E-state index contributed by atoms with van der Waals surface area (Å²) in [6.45, 7) is 0. The van der Waals surface area contributed by atoms with Crippen molar-refractivity contribution in [2.45, 2.75) is 0 Å². The Morgan fingerprint density at radius 1 is 0.895 bits per heavy atom. The molecule has 0 saturated carbocycles. The van der Waals surface area contributed by atoms with Gasteiger partial charge in [-0.25, -0.2) is 0 Å². The van der Waals surface area contributed by atoms with Gasteiger partial charge in [-0.2, -0.15) is 0 Å². The molecule has 0 saturated heterocycles. The maximum atomic E-state index is 5.93. The molecule has 0 amide bonds. The summed E-state index contributed by atoms with van der Waals surface area (Å²) in [4.78, 5) is 0. The van der Waals surface area contributed by atoms with Crippen molar-refractivity contribution in [2.24, 2.45) is 0 Å². The van der Waals surface area contributed by atoms with Crippen LogP contribution in [0.25, 0.3) is 22.9 Å². The van der Waals surface area contributed by atoms with Gasteiger partial charge >= 0.3 is 0 Å². The number of nitrogen functional groups attached to an aromatic ring is 1. The van der Waals surface area contributed by atoms with E-state index >= 15 is 0 Å². The Kier molecular flexibility index (Phi) is 2.93. The molecule has 19 heavy (non-hydrogen) atoms. The Balaban J connectivity index is 1.97. The van der Waals surface area contributed by atoms with Gasteiger partial charge in [-0.3, -0.25) is 0 Å². The van der Waals surface area contributed by atoms with E-state index in [9.17, 15) is 0 Å². The quantitative estimate of drug-likeness (QED) is 0.723. The van der Waals surface area contributed by atoms with Gasteiger partial charge in [0.2, 0.25) is 11.8 Å². The van der Waals surface area contributed by atoms with Crippen LogP contribution in [0, 0.1) is 0 Å². The van der Waals surface area contributed by atoms with Crippen molar-refractivity contribution >= 4 is 17.3 Å². The van der Waals surface area contributed by atoms with Crippen molar-refractivity contribution in [3.63, 3.8) is 0 Å². The van der Waals surface area contributed by atoms with Gasteiger partial charge in [0, 0.05) is 21.8 Å². The van der Waals surface area contributed by atoms with Crippen molar-refractivity contribution in [1.29, 1.82) is 0 Å². The third-order valence-corrected chi connectivity index (χ3v) is 2.89. The minimum Gasteiger partial charge on any atom is -0.416 e. The molecule has 3 aromatic rings. The molecular weight excluding hydrogens is 262 g/mol. The highest BCUT2D eigenvalue weighted by molar-refractivity contribution is 6.30. The zero-order valence-electron chi connectivity index (χ0n) is 9.88. The second-order valence-electron chi connectivity index (χ2n) is 4.04. The molecule has 1 aromatic heterocycles. The van der Waals surface area contributed by atoms with Crippen LogP contribution in [0.15, 0.2) is 52.9 Å². The molecule has 2 aromatic carbocycles. The first-order chi connectivity index (χ1) is 9.22. The molecule has 0 radical (unpaired) electrons. The van der Waals surface area contributed by atoms with E-state index in [2.05, 4.69) is 10.2 Å². The number of hydrogen-bond donors (Lipinski definition) is 1. The third-order valence-electron chi connectivity index (χ3n) is 2.65. The fraction of sp³-hybridized carbons (Fsp3) is 0. The Labute approximate surface area is 114 Å². The van der Waals surface area contributed by atoms with Crippen molar-refractivity contribution < 1.29 is 4.42 Å². The van der Waals surface area contributed by atoms with E-state index < -0.39 is 0 Å². The minimum absolute atomic E-state index is 0.439. The molecule has 94 valence electrons. The second kappa shape index (κ2) is 4.74. The molecule has 0 atom stereocenters. The summed E-state index contributed by atoms with van der Waals surface area (Å²) in [5.74, 6) is 0.893. The van der Waals surface area contributed by atoms with Crippen molar-refractivity contribution in [3.05, 3.63) is 53.6 Å². The molecule has 2 N–H and O–H groups in total. The number of hydrogen-bond acceptors (Lipinski definition) is 4. The summed E-state index contributed by atoms with van der Waals surface area (Å²) in [7, 11) is 0. The van der Waals surface area contributed by atoms with E-state index in [1.807, 2.05) is 24.3 Å². The van der Waals surface area contributed by atoms with Crippen molar-refractivity contribution in [2.75, 3.05) is 5.73 Å². The number of halogens is 1. The average molecular weight is 272 g/mol. The second-order valence-corrected chi connectivity index (χ2v) is 4.48. The van der Waals surface area contributed by atoms with E-state index in [-0.39, 0.29) is 0 Å². The van der Waals surface area contributed by atoms with Crippen LogP contribution < -0.4 is 5.73 Å². The van der Waals surface area contributed by atoms with Crippen molar-refractivity contribution in [3.8, 4) is 22.9 Å². The predicted molar refractivity (Wildman–Crippen MR) is 74.6 cm³/mol. The first-order valence-electron chi connectivity index (χ1n) is 5.68. The first kappa shape index (κ1) is 11.7. The molecule has 0 aliphatic carbocycles. The molecule has 0 aliphatic heterocycles. The lowest BCUT2D eigenvalue weighted by molar-refractivity contribution is 0.584. The molecule has 3 rings (SSSR count). The number of benzene rings is 2. The summed E-state index contributed by atoms with van der Waals surface area (Å²) in [6, 6.07) is 14.5. The van der Waals surface area contributed by atoms with Gasteiger partial charge in [0.15, 0.2) is 0 Å². The number of aromatic nitrogens is 2. The monoisotopic (exact) mass is 271 g/mol. The summed E-state index contributed by atoms with van der Waals surface area (Å²) in [5, 5.41) is 8.67. The van der Waals surface area contributed by atoms with Crippen LogP contribution in [0.2, 0.25) is 5.02 Å². The van der Waals surface area contributed by atoms with E-state index in [4.69, 9.17) is 21.8 Å². The highest BCUT2D eigenvalue weighted by Gasteiger charge is 2.10. The predicted octanol–water partition coefficient (Wildman–Crippen LogP) is 3.64. The van der Waals surface area contributed by atoms with Gasteiger partial charge in [0.1, 0.15) is 0 Å². The zero-order chi connectivity index (χ0) is 13.2. The van der Waals surface area contributed by atoms with Gasteiger partial charge in [0.05, 0.1) is 0 Å². The molecule has 0 fully saturated rings. The van der Waals surface area contributed by atoms with Crippen LogP contribution in [0.1, 0.15) is 0 Å². The molecule has 4 nitrogen and oxygen atoms in total. The molecule has 0 unspecified atom stereocenters. The Morgan fingerprint density at radius 3 is 2.26 bits per heavy atom. The van der Waals surface area contributed by atoms with Crippen LogP contribution >= 0.6 is 11.6 Å². The largest absolute Gasteiger partial charge is 0.416 e. The van der Waals surface area contributed by atoms with Crippen LogP contribution in [-0.4, -0.2) is 10.2 Å². The van der Waals surface area contributed by atoms with Gasteiger partial charge in [-0.15, -0.1) is 10.2 Å². The maximum absolute atomic E-state index is 5.93. The van der Waals surface area contributed by atoms with Gasteiger partial charge in [-0.1, -0.05) is 17.7 Å². The number of nitrogens with two attached hydrogens (primary N) is 1. The Hall–Kier alpha value is -2.33. The molecule has 0 aliphatic rings. The minimum atomic E-state index is 0.439. The zero-order valence-corrected chi connectivity index (χ0v) is 10.6. The summed E-state index contributed by atoms with van der Waals surface area (Å²) in [6.07, 6.45) is 0. The van der Waals surface area contributed by atoms with E-state index in [1.54, 1.807) is 24.3 Å². The maximum Gasteiger partial charge on any atom is 0.248 e. The van der Waals surface area contributed by atoms with Crippen LogP contribution in [0.5, 0.6) is 0 Å². The first-order valence-corrected chi connectivity index (χ1v) is 6.05. The molecule has 0 spiro atoms. The lowest BCUT2D eigenvalue weighted by Gasteiger charge is -1.96. The van der Waals surface area contributed by atoms with Gasteiger partial charge in [-0.05, 0) is 42.5 Å². The molecular formula is C14H10ClN3O. The van der Waals surface area contributed by atoms with E-state index in [0.717, 1.165) is 11.1 Å². The van der Waals surface area contributed by atoms with E-state index in [1.165, 1.54) is 0 Å². The number of nitrogens with zero attached hydrogens (tertiary/aromatic N) is 2. The van der Waals surface area contributed by atoms with E-state index in [0.29, 0.717) is 22.5 Å². The smallest absolute Gasteiger partial charge is 0.248 e. The Morgan fingerprint density at radius 2 is 1.58 bits per heavy atom.